The van der Waals surface area contributed by atoms with Crippen molar-refractivity contribution in [2.45, 2.75) is 13.3 Å². The number of rotatable bonds is 5. The first-order chi connectivity index (χ1) is 12.8. The third-order valence-electron chi connectivity index (χ3n) is 3.64. The van der Waals surface area contributed by atoms with E-state index in [1.807, 2.05) is 31.2 Å². The average molecular weight is 374 g/mol. The highest BCUT2D eigenvalue weighted by Gasteiger charge is 2.31. The number of ether oxygens (including phenoxy) is 1. The van der Waals surface area contributed by atoms with Gasteiger partial charge in [0, 0.05) is 24.4 Å². The normalized spacial score (nSPS) is 11.1. The van der Waals surface area contributed by atoms with Crippen LogP contribution in [0, 0.1) is 6.92 Å². The molecule has 0 aliphatic carbocycles. The molecule has 8 heteroatoms. The summed E-state index contributed by atoms with van der Waals surface area (Å²) in [5.74, 6) is 0.539. The molecule has 140 valence electrons. The van der Waals surface area contributed by atoms with Gasteiger partial charge in [-0.2, -0.15) is 4.98 Å². The predicted molar refractivity (Wildman–Crippen MR) is 98.2 cm³/mol. The summed E-state index contributed by atoms with van der Waals surface area (Å²) in [6, 6.07) is 15.1. The van der Waals surface area contributed by atoms with Gasteiger partial charge < -0.3 is 15.4 Å². The van der Waals surface area contributed by atoms with E-state index in [-0.39, 0.29) is 5.75 Å². The second-order valence-corrected chi connectivity index (χ2v) is 5.78. The maximum atomic E-state index is 12.5. The Morgan fingerprint density at radius 3 is 2.37 bits per heavy atom. The van der Waals surface area contributed by atoms with Crippen molar-refractivity contribution < 1.29 is 17.9 Å². The van der Waals surface area contributed by atoms with E-state index in [0.717, 1.165) is 11.3 Å². The van der Waals surface area contributed by atoms with Crippen molar-refractivity contribution >= 4 is 17.5 Å². The van der Waals surface area contributed by atoms with Crippen LogP contribution in [0.2, 0.25) is 0 Å². The van der Waals surface area contributed by atoms with Crippen LogP contribution in [0.15, 0.2) is 54.6 Å². The lowest BCUT2D eigenvalue weighted by molar-refractivity contribution is -0.274. The molecular formula is C19H17F3N4O. The smallest absolute Gasteiger partial charge is 0.406 e. The highest BCUT2D eigenvalue weighted by atomic mass is 19.4. The number of aromatic nitrogens is 2. The van der Waals surface area contributed by atoms with Crippen molar-refractivity contribution in [1.82, 2.24) is 9.97 Å². The summed E-state index contributed by atoms with van der Waals surface area (Å²) in [7, 11) is 1.66. The second-order valence-electron chi connectivity index (χ2n) is 5.78. The Morgan fingerprint density at radius 1 is 0.963 bits per heavy atom. The van der Waals surface area contributed by atoms with E-state index in [2.05, 4.69) is 25.3 Å². The Morgan fingerprint density at radius 2 is 1.70 bits per heavy atom. The van der Waals surface area contributed by atoms with Crippen molar-refractivity contribution in [3.05, 3.63) is 60.2 Å². The summed E-state index contributed by atoms with van der Waals surface area (Å²) in [5.41, 5.74) is 2.89. The minimum Gasteiger partial charge on any atom is -0.406 e. The molecule has 1 heterocycles. The summed E-state index contributed by atoms with van der Waals surface area (Å²) in [6.45, 7) is 1.99. The topological polar surface area (TPSA) is 59.1 Å². The molecule has 0 fully saturated rings. The molecule has 3 aromatic rings. The molecule has 0 aliphatic heterocycles. The van der Waals surface area contributed by atoms with Gasteiger partial charge in [-0.1, -0.05) is 29.8 Å². The van der Waals surface area contributed by atoms with Crippen LogP contribution in [-0.4, -0.2) is 23.4 Å². The SMILES string of the molecule is CNc1nc(Nc2ccc(C)cc2)cc(-c2cccc(OC(F)(F)F)c2)n1. The zero-order chi connectivity index (χ0) is 19.4. The van der Waals surface area contributed by atoms with Crippen LogP contribution in [0.25, 0.3) is 11.3 Å². The maximum Gasteiger partial charge on any atom is 0.573 e. The molecule has 0 spiro atoms. The van der Waals surface area contributed by atoms with Gasteiger partial charge in [0.2, 0.25) is 5.95 Å². The molecule has 0 radical (unpaired) electrons. The molecule has 2 aromatic carbocycles. The minimum absolute atomic E-state index is 0.308. The summed E-state index contributed by atoms with van der Waals surface area (Å²) < 4.78 is 41.4. The predicted octanol–water partition coefficient (Wildman–Crippen LogP) is 5.14. The van der Waals surface area contributed by atoms with Gasteiger partial charge in [-0.05, 0) is 31.2 Å². The molecule has 0 amide bonds. The van der Waals surface area contributed by atoms with Crippen LogP contribution >= 0.6 is 0 Å². The van der Waals surface area contributed by atoms with Crippen molar-refractivity contribution in [2.24, 2.45) is 0 Å². The van der Waals surface area contributed by atoms with Gasteiger partial charge >= 0.3 is 6.36 Å². The number of halogens is 3. The van der Waals surface area contributed by atoms with E-state index in [4.69, 9.17) is 0 Å². The zero-order valence-electron chi connectivity index (χ0n) is 14.6. The second kappa shape index (κ2) is 7.53. The molecule has 0 saturated carbocycles. The van der Waals surface area contributed by atoms with Gasteiger partial charge in [-0.25, -0.2) is 4.98 Å². The van der Waals surface area contributed by atoms with Crippen molar-refractivity contribution in [1.29, 1.82) is 0 Å². The van der Waals surface area contributed by atoms with E-state index in [1.165, 1.54) is 18.2 Å². The number of hydrogen-bond donors (Lipinski definition) is 2. The quantitative estimate of drug-likeness (QED) is 0.648. The fraction of sp³-hybridized carbons (Fsp3) is 0.158. The van der Waals surface area contributed by atoms with Gasteiger partial charge in [0.05, 0.1) is 5.69 Å². The summed E-state index contributed by atoms with van der Waals surface area (Å²) in [6.07, 6.45) is -4.75. The summed E-state index contributed by atoms with van der Waals surface area (Å²) in [4.78, 5) is 8.65. The summed E-state index contributed by atoms with van der Waals surface area (Å²) in [5, 5.41) is 6.02. The van der Waals surface area contributed by atoms with E-state index in [9.17, 15) is 13.2 Å². The van der Waals surface area contributed by atoms with E-state index in [1.54, 1.807) is 19.2 Å². The third-order valence-corrected chi connectivity index (χ3v) is 3.64. The largest absolute Gasteiger partial charge is 0.573 e. The Balaban J connectivity index is 1.93. The lowest BCUT2D eigenvalue weighted by atomic mass is 10.1. The molecule has 0 bridgehead atoms. The third kappa shape index (κ3) is 5.10. The minimum atomic E-state index is -4.75. The first-order valence-corrected chi connectivity index (χ1v) is 8.09. The lowest BCUT2D eigenvalue weighted by Crippen LogP contribution is -2.17. The molecule has 2 N–H and O–H groups in total. The Bertz CT molecular complexity index is 927. The molecule has 5 nitrogen and oxygen atoms in total. The number of hydrogen-bond acceptors (Lipinski definition) is 5. The average Bonchev–Trinajstić information content (AvgIpc) is 2.62. The van der Waals surface area contributed by atoms with Gasteiger partial charge in [0.1, 0.15) is 11.6 Å². The van der Waals surface area contributed by atoms with E-state index >= 15 is 0 Å². The van der Waals surface area contributed by atoms with Crippen LogP contribution in [0.5, 0.6) is 5.75 Å². The van der Waals surface area contributed by atoms with Crippen LogP contribution < -0.4 is 15.4 Å². The monoisotopic (exact) mass is 374 g/mol. The molecule has 1 aromatic heterocycles. The Kier molecular flexibility index (Phi) is 5.16. The zero-order valence-corrected chi connectivity index (χ0v) is 14.6. The van der Waals surface area contributed by atoms with Gasteiger partial charge in [0.25, 0.3) is 0 Å². The number of anilines is 3. The molecule has 0 aliphatic rings. The van der Waals surface area contributed by atoms with Crippen LogP contribution in [0.1, 0.15) is 5.56 Å². The number of aryl methyl sites for hydroxylation is 1. The van der Waals surface area contributed by atoms with Crippen molar-refractivity contribution in [2.75, 3.05) is 17.7 Å². The molecule has 3 rings (SSSR count). The Labute approximate surface area is 154 Å². The molecule has 0 saturated heterocycles. The first kappa shape index (κ1) is 18.5. The fourth-order valence-corrected chi connectivity index (χ4v) is 2.41. The van der Waals surface area contributed by atoms with Gasteiger partial charge in [-0.15, -0.1) is 13.2 Å². The maximum absolute atomic E-state index is 12.5. The highest BCUT2D eigenvalue weighted by molar-refractivity contribution is 5.68. The van der Waals surface area contributed by atoms with Crippen LogP contribution in [0.3, 0.4) is 0 Å². The molecular weight excluding hydrogens is 357 g/mol. The number of alkyl halides is 3. The molecule has 0 unspecified atom stereocenters. The number of nitrogens with zero attached hydrogens (tertiary/aromatic N) is 2. The Hall–Kier alpha value is -3.29. The number of benzene rings is 2. The van der Waals surface area contributed by atoms with Crippen molar-refractivity contribution in [3.8, 4) is 17.0 Å². The van der Waals surface area contributed by atoms with Crippen molar-refractivity contribution in [3.63, 3.8) is 0 Å². The summed E-state index contributed by atoms with van der Waals surface area (Å²) >= 11 is 0. The molecule has 0 atom stereocenters. The van der Waals surface area contributed by atoms with Gasteiger partial charge in [-0.3, -0.25) is 0 Å². The van der Waals surface area contributed by atoms with E-state index < -0.39 is 6.36 Å². The van der Waals surface area contributed by atoms with Crippen LogP contribution in [-0.2, 0) is 0 Å². The lowest BCUT2D eigenvalue weighted by Gasteiger charge is -2.12. The molecule has 27 heavy (non-hydrogen) atoms. The van der Waals surface area contributed by atoms with Crippen LogP contribution in [0.4, 0.5) is 30.6 Å². The van der Waals surface area contributed by atoms with E-state index in [0.29, 0.717) is 23.0 Å². The number of nitrogens with one attached hydrogen (secondary N) is 2. The highest BCUT2D eigenvalue weighted by Crippen LogP contribution is 2.29. The standard InChI is InChI=1S/C19H17F3N4O/c1-12-6-8-14(9-7-12)24-17-11-16(25-18(23-2)26-17)13-4-3-5-15(10-13)27-19(20,21)22/h3-11H,1-2H3,(H2,23,24,25,26). The first-order valence-electron chi connectivity index (χ1n) is 8.09. The van der Waals surface area contributed by atoms with Gasteiger partial charge in [0.15, 0.2) is 0 Å². The fourth-order valence-electron chi connectivity index (χ4n) is 2.41.